The smallest absolute Gasteiger partial charge is 0.207 e. The minimum Gasteiger partial charge on any atom is -0.207 e. The first-order valence-electron chi connectivity index (χ1n) is 6.31. The highest BCUT2D eigenvalue weighted by Crippen LogP contribution is 2.28. The highest BCUT2D eigenvalue weighted by atomic mass is 35.5. The van der Waals surface area contributed by atoms with Gasteiger partial charge in [-0.05, 0) is 37.5 Å². The number of piperidine rings is 1. The van der Waals surface area contributed by atoms with Gasteiger partial charge in [0, 0.05) is 18.5 Å². The normalized spacial score (nSPS) is 21.5. The molecule has 2 rings (SSSR count). The molecule has 6 heteroatoms. The first-order valence-corrected chi connectivity index (χ1v) is 8.28. The molecule has 0 spiro atoms. The molecule has 106 valence electrons. The number of rotatable bonds is 3. The topological polar surface area (TPSA) is 37.4 Å². The van der Waals surface area contributed by atoms with Crippen molar-refractivity contribution in [3.05, 3.63) is 29.6 Å². The fourth-order valence-electron chi connectivity index (χ4n) is 2.42. The lowest BCUT2D eigenvalue weighted by atomic mass is 10.1. The van der Waals surface area contributed by atoms with Crippen molar-refractivity contribution < 1.29 is 12.8 Å². The van der Waals surface area contributed by atoms with Gasteiger partial charge in [-0.15, -0.1) is 11.6 Å². The number of benzene rings is 1. The van der Waals surface area contributed by atoms with Crippen LogP contribution in [0.5, 0.6) is 0 Å². The van der Waals surface area contributed by atoms with Crippen molar-refractivity contribution in [2.75, 3.05) is 12.4 Å². The average Bonchev–Trinajstić information content (AvgIpc) is 2.41. The van der Waals surface area contributed by atoms with E-state index in [4.69, 9.17) is 11.6 Å². The zero-order chi connectivity index (χ0) is 14.0. The summed E-state index contributed by atoms with van der Waals surface area (Å²) in [6.07, 6.45) is 2.56. The Hall–Kier alpha value is -0.650. The van der Waals surface area contributed by atoms with Crippen LogP contribution in [-0.4, -0.2) is 31.2 Å². The Kier molecular flexibility index (Phi) is 4.48. The summed E-state index contributed by atoms with van der Waals surface area (Å²) >= 11 is 5.86. The third-order valence-corrected chi connectivity index (χ3v) is 5.94. The summed E-state index contributed by atoms with van der Waals surface area (Å²) < 4.78 is 40.0. The number of aryl methyl sites for hydroxylation is 1. The second-order valence-electron chi connectivity index (χ2n) is 4.83. The van der Waals surface area contributed by atoms with Crippen LogP contribution in [0.1, 0.15) is 24.8 Å². The molecule has 1 heterocycles. The van der Waals surface area contributed by atoms with Crippen molar-refractivity contribution in [3.63, 3.8) is 0 Å². The lowest BCUT2D eigenvalue weighted by Gasteiger charge is -2.33. The van der Waals surface area contributed by atoms with E-state index in [0.717, 1.165) is 25.3 Å². The van der Waals surface area contributed by atoms with Gasteiger partial charge in [0.05, 0.1) is 4.90 Å². The van der Waals surface area contributed by atoms with Crippen LogP contribution in [0, 0.1) is 12.7 Å². The molecule has 0 radical (unpaired) electrons. The summed E-state index contributed by atoms with van der Waals surface area (Å²) in [7, 11) is -3.67. The largest absolute Gasteiger partial charge is 0.243 e. The Bertz CT molecular complexity index is 562. The van der Waals surface area contributed by atoms with Gasteiger partial charge in [-0.1, -0.05) is 12.5 Å². The van der Waals surface area contributed by atoms with Crippen LogP contribution in [-0.2, 0) is 10.0 Å². The van der Waals surface area contributed by atoms with Gasteiger partial charge >= 0.3 is 0 Å². The van der Waals surface area contributed by atoms with E-state index in [-0.39, 0.29) is 16.8 Å². The second kappa shape index (κ2) is 5.77. The summed E-state index contributed by atoms with van der Waals surface area (Å²) in [6.45, 7) is 2.13. The summed E-state index contributed by atoms with van der Waals surface area (Å²) in [5.41, 5.74) is 0.556. The molecule has 1 unspecified atom stereocenters. The van der Waals surface area contributed by atoms with Crippen molar-refractivity contribution in [3.8, 4) is 0 Å². The van der Waals surface area contributed by atoms with Gasteiger partial charge in [0.1, 0.15) is 5.82 Å². The summed E-state index contributed by atoms with van der Waals surface area (Å²) in [5.74, 6) is -0.267. The molecule has 1 saturated heterocycles. The molecule has 1 aromatic rings. The van der Waals surface area contributed by atoms with Gasteiger partial charge in [0.25, 0.3) is 0 Å². The number of hydrogen-bond donors (Lipinski definition) is 0. The lowest BCUT2D eigenvalue weighted by molar-refractivity contribution is 0.271. The molecule has 0 aliphatic carbocycles. The number of alkyl halides is 1. The van der Waals surface area contributed by atoms with E-state index in [1.54, 1.807) is 6.92 Å². The molecular formula is C13H17ClFNO2S. The number of halogens is 2. The molecule has 0 saturated carbocycles. The highest BCUT2D eigenvalue weighted by molar-refractivity contribution is 7.89. The first-order chi connectivity index (χ1) is 8.96. The second-order valence-corrected chi connectivity index (χ2v) is 7.00. The molecule has 0 aromatic heterocycles. The molecule has 1 aliphatic rings. The number of nitrogens with zero attached hydrogens (tertiary/aromatic N) is 1. The first kappa shape index (κ1) is 14.8. The lowest BCUT2D eigenvalue weighted by Crippen LogP contribution is -2.44. The molecule has 1 atom stereocenters. The maximum atomic E-state index is 13.3. The molecule has 0 bridgehead atoms. The predicted octanol–water partition coefficient (Wildman–Crippen LogP) is 2.92. The maximum Gasteiger partial charge on any atom is 0.243 e. The van der Waals surface area contributed by atoms with Crippen molar-refractivity contribution in [1.82, 2.24) is 4.31 Å². The van der Waals surface area contributed by atoms with Gasteiger partial charge < -0.3 is 0 Å². The Labute approximate surface area is 118 Å². The van der Waals surface area contributed by atoms with Gasteiger partial charge in [0.2, 0.25) is 10.0 Å². The molecule has 1 aliphatic heterocycles. The van der Waals surface area contributed by atoms with E-state index in [9.17, 15) is 12.8 Å². The quantitative estimate of drug-likeness (QED) is 0.805. The van der Waals surface area contributed by atoms with E-state index in [0.29, 0.717) is 12.1 Å². The van der Waals surface area contributed by atoms with Crippen LogP contribution in [0.2, 0.25) is 0 Å². The van der Waals surface area contributed by atoms with Crippen LogP contribution < -0.4 is 0 Å². The van der Waals surface area contributed by atoms with Gasteiger partial charge in [-0.3, -0.25) is 0 Å². The van der Waals surface area contributed by atoms with Gasteiger partial charge in [0.15, 0.2) is 0 Å². The monoisotopic (exact) mass is 305 g/mol. The third kappa shape index (κ3) is 2.93. The minimum atomic E-state index is -3.67. The van der Waals surface area contributed by atoms with Crippen molar-refractivity contribution in [2.45, 2.75) is 37.1 Å². The fraction of sp³-hybridized carbons (Fsp3) is 0.538. The van der Waals surface area contributed by atoms with Crippen molar-refractivity contribution in [1.29, 1.82) is 0 Å². The zero-order valence-electron chi connectivity index (χ0n) is 10.8. The Morgan fingerprint density at radius 3 is 2.84 bits per heavy atom. The van der Waals surface area contributed by atoms with E-state index in [1.165, 1.54) is 16.4 Å². The highest BCUT2D eigenvalue weighted by Gasteiger charge is 2.33. The molecule has 0 N–H and O–H groups in total. The molecule has 1 aromatic carbocycles. The van der Waals surface area contributed by atoms with E-state index < -0.39 is 15.8 Å². The summed E-state index contributed by atoms with van der Waals surface area (Å²) in [6, 6.07) is 3.65. The average molecular weight is 306 g/mol. The van der Waals surface area contributed by atoms with Crippen LogP contribution in [0.4, 0.5) is 4.39 Å². The van der Waals surface area contributed by atoms with Gasteiger partial charge in [-0.25, -0.2) is 12.8 Å². The third-order valence-electron chi connectivity index (χ3n) is 3.49. The van der Waals surface area contributed by atoms with E-state index in [1.807, 2.05) is 0 Å². The van der Waals surface area contributed by atoms with Crippen molar-refractivity contribution >= 4 is 21.6 Å². The predicted molar refractivity (Wildman–Crippen MR) is 73.4 cm³/mol. The molecule has 19 heavy (non-hydrogen) atoms. The van der Waals surface area contributed by atoms with Crippen LogP contribution in [0.3, 0.4) is 0 Å². The fourth-order valence-corrected chi connectivity index (χ4v) is 4.76. The molecule has 0 amide bonds. The Morgan fingerprint density at radius 2 is 2.16 bits per heavy atom. The number of hydrogen-bond acceptors (Lipinski definition) is 2. The Balaban J connectivity index is 2.43. The summed E-state index contributed by atoms with van der Waals surface area (Å²) in [4.78, 5) is 0.0458. The molecule has 3 nitrogen and oxygen atoms in total. The number of sulfonamides is 1. The molecular weight excluding hydrogens is 289 g/mol. The molecule has 1 fully saturated rings. The van der Waals surface area contributed by atoms with Crippen LogP contribution in [0.25, 0.3) is 0 Å². The zero-order valence-corrected chi connectivity index (χ0v) is 12.3. The van der Waals surface area contributed by atoms with Gasteiger partial charge in [-0.2, -0.15) is 4.31 Å². The SMILES string of the molecule is Cc1ccc(F)cc1S(=O)(=O)N1CCCCC1CCl. The summed E-state index contributed by atoms with van der Waals surface area (Å²) in [5, 5.41) is 0. The van der Waals surface area contributed by atoms with Crippen LogP contribution >= 0.6 is 11.6 Å². The van der Waals surface area contributed by atoms with E-state index >= 15 is 0 Å². The standard InChI is InChI=1S/C13H17ClFNO2S/c1-10-5-6-11(15)8-13(10)19(17,18)16-7-3-2-4-12(16)9-14/h5-6,8,12H,2-4,7,9H2,1H3. The maximum absolute atomic E-state index is 13.3. The minimum absolute atomic E-state index is 0.0458. The van der Waals surface area contributed by atoms with Crippen LogP contribution in [0.15, 0.2) is 23.1 Å². The Morgan fingerprint density at radius 1 is 1.42 bits per heavy atom. The van der Waals surface area contributed by atoms with Crippen molar-refractivity contribution in [2.24, 2.45) is 0 Å². The van der Waals surface area contributed by atoms with E-state index in [2.05, 4.69) is 0 Å².